The molecule has 2 rings (SSSR count). The van der Waals surface area contributed by atoms with E-state index in [0.717, 1.165) is 0 Å². The van der Waals surface area contributed by atoms with Gasteiger partial charge < -0.3 is 15.8 Å². The molecule has 0 fully saturated rings. The summed E-state index contributed by atoms with van der Waals surface area (Å²) >= 11 is 1.20. The Bertz CT molecular complexity index is 572. The number of nitrogens with two attached hydrogens (primary N) is 1. The molecule has 100 valence electrons. The van der Waals surface area contributed by atoms with Crippen LogP contribution < -0.4 is 15.8 Å². The Balaban J connectivity index is 1.86. The molecule has 1 aromatic carbocycles. The normalized spacial score (nSPS) is 10.2. The Morgan fingerprint density at radius 3 is 3.11 bits per heavy atom. The minimum atomic E-state index is -0.151. The number of methoxy groups -OCH3 is 1. The highest BCUT2D eigenvalue weighted by molar-refractivity contribution is 7.99. The van der Waals surface area contributed by atoms with Crippen molar-refractivity contribution in [1.82, 2.24) is 15.2 Å². The minimum absolute atomic E-state index is 0.151. The molecule has 0 unspecified atom stereocenters. The molecule has 19 heavy (non-hydrogen) atoms. The molecule has 0 atom stereocenters. The first-order chi connectivity index (χ1) is 9.17. The number of benzene rings is 1. The van der Waals surface area contributed by atoms with Crippen LogP contribution in [-0.4, -0.2) is 34.0 Å². The van der Waals surface area contributed by atoms with E-state index in [0.29, 0.717) is 16.6 Å². The van der Waals surface area contributed by atoms with Crippen LogP contribution in [-0.2, 0) is 4.79 Å². The molecule has 1 heterocycles. The zero-order valence-electron chi connectivity index (χ0n) is 10.2. The number of rotatable bonds is 5. The van der Waals surface area contributed by atoms with E-state index in [1.54, 1.807) is 31.4 Å². The van der Waals surface area contributed by atoms with E-state index < -0.39 is 0 Å². The van der Waals surface area contributed by atoms with Crippen LogP contribution in [0, 0.1) is 0 Å². The number of aromatic amines is 1. The van der Waals surface area contributed by atoms with E-state index in [9.17, 15) is 4.79 Å². The Morgan fingerprint density at radius 1 is 1.58 bits per heavy atom. The lowest BCUT2D eigenvalue weighted by Crippen LogP contribution is -2.14. The molecule has 1 aromatic heterocycles. The molecule has 0 radical (unpaired) electrons. The lowest BCUT2D eigenvalue weighted by atomic mass is 10.3. The number of aromatic nitrogens is 3. The summed E-state index contributed by atoms with van der Waals surface area (Å²) in [6.07, 6.45) is 0. The number of hydrogen-bond acceptors (Lipinski definition) is 6. The fraction of sp³-hybridized carbons (Fsp3) is 0.182. The third kappa shape index (κ3) is 3.88. The predicted octanol–water partition coefficient (Wildman–Crippen LogP) is 1.13. The van der Waals surface area contributed by atoms with Gasteiger partial charge in [0.2, 0.25) is 17.0 Å². The number of amides is 1. The predicted molar refractivity (Wildman–Crippen MR) is 73.1 cm³/mol. The fourth-order valence-electron chi connectivity index (χ4n) is 1.35. The second-order valence-electron chi connectivity index (χ2n) is 3.57. The molecule has 0 aliphatic carbocycles. The number of anilines is 2. The highest BCUT2D eigenvalue weighted by atomic mass is 32.2. The van der Waals surface area contributed by atoms with Gasteiger partial charge in [-0.3, -0.25) is 4.79 Å². The number of nitrogen functional groups attached to an aromatic ring is 1. The molecule has 0 aliphatic rings. The van der Waals surface area contributed by atoms with E-state index in [1.807, 2.05) is 0 Å². The summed E-state index contributed by atoms with van der Waals surface area (Å²) in [5.74, 6) is 0.971. The van der Waals surface area contributed by atoms with Crippen molar-refractivity contribution in [2.45, 2.75) is 5.16 Å². The van der Waals surface area contributed by atoms with Crippen LogP contribution in [0.4, 0.5) is 11.6 Å². The van der Waals surface area contributed by atoms with Gasteiger partial charge in [-0.05, 0) is 12.1 Å². The summed E-state index contributed by atoms with van der Waals surface area (Å²) in [6, 6.07) is 7.14. The average Bonchev–Trinajstić information content (AvgIpc) is 2.82. The Kier molecular flexibility index (Phi) is 4.24. The van der Waals surface area contributed by atoms with E-state index in [1.165, 1.54) is 11.8 Å². The van der Waals surface area contributed by atoms with Gasteiger partial charge in [-0.15, -0.1) is 5.10 Å². The Hall–Kier alpha value is -2.22. The molecule has 8 heteroatoms. The van der Waals surface area contributed by atoms with E-state index in [4.69, 9.17) is 10.5 Å². The van der Waals surface area contributed by atoms with Crippen LogP contribution in [0.15, 0.2) is 29.4 Å². The van der Waals surface area contributed by atoms with E-state index in [-0.39, 0.29) is 17.6 Å². The molecule has 0 saturated carbocycles. The van der Waals surface area contributed by atoms with Crippen molar-refractivity contribution in [3.63, 3.8) is 0 Å². The van der Waals surface area contributed by atoms with Crippen LogP contribution in [0.1, 0.15) is 0 Å². The third-order valence-corrected chi connectivity index (χ3v) is 3.02. The van der Waals surface area contributed by atoms with Crippen molar-refractivity contribution < 1.29 is 9.53 Å². The highest BCUT2D eigenvalue weighted by Crippen LogP contribution is 2.18. The Labute approximate surface area is 113 Å². The van der Waals surface area contributed by atoms with Crippen molar-refractivity contribution in [3.05, 3.63) is 24.3 Å². The largest absolute Gasteiger partial charge is 0.497 e. The lowest BCUT2D eigenvalue weighted by Gasteiger charge is -2.05. The van der Waals surface area contributed by atoms with Crippen molar-refractivity contribution in [1.29, 1.82) is 0 Å². The fourth-order valence-corrected chi connectivity index (χ4v) is 1.96. The third-order valence-electron chi connectivity index (χ3n) is 2.17. The van der Waals surface area contributed by atoms with Crippen LogP contribution in [0.3, 0.4) is 0 Å². The number of hydrogen-bond donors (Lipinski definition) is 3. The molecule has 4 N–H and O–H groups in total. The molecule has 1 amide bonds. The average molecular weight is 279 g/mol. The summed E-state index contributed by atoms with van der Waals surface area (Å²) in [5, 5.41) is 9.53. The zero-order valence-corrected chi connectivity index (χ0v) is 11.0. The number of carbonyl (C=O) groups excluding carboxylic acids is 1. The number of thioether (sulfide) groups is 1. The molecular weight excluding hydrogens is 266 g/mol. The first-order valence-corrected chi connectivity index (χ1v) is 6.40. The topological polar surface area (TPSA) is 106 Å². The number of ether oxygens (including phenoxy) is 1. The van der Waals surface area contributed by atoms with Gasteiger partial charge in [0.05, 0.1) is 12.9 Å². The van der Waals surface area contributed by atoms with Gasteiger partial charge in [0, 0.05) is 11.8 Å². The first-order valence-electron chi connectivity index (χ1n) is 5.42. The van der Waals surface area contributed by atoms with Crippen LogP contribution >= 0.6 is 11.8 Å². The van der Waals surface area contributed by atoms with E-state index >= 15 is 0 Å². The molecule has 0 spiro atoms. The summed E-state index contributed by atoms with van der Waals surface area (Å²) < 4.78 is 5.07. The Morgan fingerprint density at radius 2 is 2.42 bits per heavy atom. The van der Waals surface area contributed by atoms with Gasteiger partial charge in [-0.1, -0.05) is 17.8 Å². The molecule has 0 bridgehead atoms. The first kappa shape index (κ1) is 13.2. The lowest BCUT2D eigenvalue weighted by molar-refractivity contribution is -0.113. The van der Waals surface area contributed by atoms with Crippen LogP contribution in [0.25, 0.3) is 0 Å². The summed E-state index contributed by atoms with van der Waals surface area (Å²) in [4.78, 5) is 15.6. The zero-order chi connectivity index (χ0) is 13.7. The van der Waals surface area contributed by atoms with Gasteiger partial charge >= 0.3 is 0 Å². The summed E-state index contributed by atoms with van der Waals surface area (Å²) in [7, 11) is 1.57. The monoisotopic (exact) mass is 279 g/mol. The quantitative estimate of drug-likeness (QED) is 0.708. The van der Waals surface area contributed by atoms with Gasteiger partial charge in [0.25, 0.3) is 0 Å². The van der Waals surface area contributed by atoms with Gasteiger partial charge in [-0.25, -0.2) is 5.10 Å². The van der Waals surface area contributed by atoms with Crippen molar-refractivity contribution >= 4 is 29.3 Å². The number of H-pyrrole nitrogens is 1. The number of nitrogens with one attached hydrogen (secondary N) is 2. The van der Waals surface area contributed by atoms with Crippen molar-refractivity contribution in [2.24, 2.45) is 0 Å². The highest BCUT2D eigenvalue weighted by Gasteiger charge is 2.07. The van der Waals surface area contributed by atoms with Gasteiger partial charge in [-0.2, -0.15) is 4.98 Å². The van der Waals surface area contributed by atoms with E-state index in [2.05, 4.69) is 20.5 Å². The van der Waals surface area contributed by atoms with Gasteiger partial charge in [0.15, 0.2) is 0 Å². The van der Waals surface area contributed by atoms with Crippen LogP contribution in [0.5, 0.6) is 5.75 Å². The number of carbonyl (C=O) groups is 1. The smallest absolute Gasteiger partial charge is 0.234 e. The molecule has 0 saturated heterocycles. The SMILES string of the molecule is COc1cccc(NC(=O)CSc2n[nH]c(N)n2)c1. The van der Waals surface area contributed by atoms with Crippen LogP contribution in [0.2, 0.25) is 0 Å². The molecule has 7 nitrogen and oxygen atoms in total. The number of nitrogens with zero attached hydrogens (tertiary/aromatic N) is 2. The second kappa shape index (κ2) is 6.10. The molecule has 2 aromatic rings. The maximum absolute atomic E-state index is 11.7. The molecular formula is C11H13N5O2S. The summed E-state index contributed by atoms with van der Waals surface area (Å²) in [6.45, 7) is 0. The second-order valence-corrected chi connectivity index (χ2v) is 4.51. The maximum Gasteiger partial charge on any atom is 0.234 e. The molecule has 0 aliphatic heterocycles. The summed E-state index contributed by atoms with van der Waals surface area (Å²) in [5.41, 5.74) is 6.06. The maximum atomic E-state index is 11.7. The minimum Gasteiger partial charge on any atom is -0.497 e. The standard InChI is InChI=1S/C11H13N5O2S/c1-18-8-4-2-3-7(5-8)13-9(17)6-19-11-14-10(12)15-16-11/h2-5H,6H2,1H3,(H,13,17)(H3,12,14,15,16). The van der Waals surface area contributed by atoms with Gasteiger partial charge in [0.1, 0.15) is 5.75 Å². The van der Waals surface area contributed by atoms with Crippen molar-refractivity contribution in [2.75, 3.05) is 23.9 Å². The van der Waals surface area contributed by atoms with Crippen molar-refractivity contribution in [3.8, 4) is 5.75 Å².